The van der Waals surface area contributed by atoms with Gasteiger partial charge < -0.3 is 15.3 Å². The molecular weight excluding hydrogens is 323 g/mol. The van der Waals surface area contributed by atoms with Crippen LogP contribution in [0.15, 0.2) is 42.5 Å². The second kappa shape index (κ2) is 7.79. The minimum Gasteiger partial charge on any atom is -0.481 e. The van der Waals surface area contributed by atoms with Crippen LogP contribution in [-0.2, 0) is 11.2 Å². The minimum absolute atomic E-state index is 0.147. The molecule has 0 saturated heterocycles. The van der Waals surface area contributed by atoms with Crippen molar-refractivity contribution in [1.82, 2.24) is 5.32 Å². The number of carboxylic acid groups (broad SMARTS) is 1. The molecule has 0 heterocycles. The Bertz CT molecular complexity index is 790. The second-order valence-electron chi connectivity index (χ2n) is 6.06. The standard InChI is InChI=1S/C19H21FN2O3/c1-12(16-11-15(20)7-8-17(16)22(2)3)21-19(25)14-6-4-5-13(9-14)10-18(23)24/h4-9,11-12H,10H2,1-3H3,(H,21,25)(H,23,24). The first-order chi connectivity index (χ1) is 11.8. The SMILES string of the molecule is CC(NC(=O)c1cccc(CC(=O)O)c1)c1cc(F)ccc1N(C)C. The third kappa shape index (κ3) is 4.79. The van der Waals surface area contributed by atoms with Crippen LogP contribution >= 0.6 is 0 Å². The summed E-state index contributed by atoms with van der Waals surface area (Å²) in [5.41, 5.74) is 2.40. The number of carboxylic acids is 1. The predicted molar refractivity (Wildman–Crippen MR) is 94.4 cm³/mol. The Kier molecular flexibility index (Phi) is 5.75. The molecule has 0 aliphatic carbocycles. The molecule has 1 amide bonds. The third-order valence-corrected chi connectivity index (χ3v) is 3.83. The molecule has 0 aromatic heterocycles. The van der Waals surface area contributed by atoms with Gasteiger partial charge in [-0.2, -0.15) is 0 Å². The van der Waals surface area contributed by atoms with Crippen molar-refractivity contribution in [3.63, 3.8) is 0 Å². The van der Waals surface area contributed by atoms with Gasteiger partial charge in [0.15, 0.2) is 0 Å². The average Bonchev–Trinajstić information content (AvgIpc) is 2.54. The maximum atomic E-state index is 13.6. The number of nitrogens with one attached hydrogen (secondary N) is 1. The van der Waals surface area contributed by atoms with Gasteiger partial charge in [-0.1, -0.05) is 12.1 Å². The number of rotatable bonds is 6. The summed E-state index contributed by atoms with van der Waals surface area (Å²) in [5.74, 6) is -1.67. The first kappa shape index (κ1) is 18.4. The number of amides is 1. The van der Waals surface area contributed by atoms with Gasteiger partial charge in [-0.15, -0.1) is 0 Å². The van der Waals surface area contributed by atoms with E-state index in [1.807, 2.05) is 19.0 Å². The molecule has 5 nitrogen and oxygen atoms in total. The summed E-state index contributed by atoms with van der Waals surface area (Å²) in [6.07, 6.45) is -0.147. The fourth-order valence-electron chi connectivity index (χ4n) is 2.63. The Morgan fingerprint density at radius 2 is 1.92 bits per heavy atom. The highest BCUT2D eigenvalue weighted by Gasteiger charge is 2.17. The zero-order valence-electron chi connectivity index (χ0n) is 14.4. The van der Waals surface area contributed by atoms with E-state index >= 15 is 0 Å². The van der Waals surface area contributed by atoms with E-state index in [1.54, 1.807) is 37.3 Å². The Hall–Kier alpha value is -2.89. The van der Waals surface area contributed by atoms with Crippen molar-refractivity contribution in [2.45, 2.75) is 19.4 Å². The fourth-order valence-corrected chi connectivity index (χ4v) is 2.63. The molecule has 1 unspecified atom stereocenters. The number of nitrogens with zero attached hydrogens (tertiary/aromatic N) is 1. The summed E-state index contributed by atoms with van der Waals surface area (Å²) in [6.45, 7) is 1.78. The van der Waals surface area contributed by atoms with E-state index in [2.05, 4.69) is 5.32 Å². The van der Waals surface area contributed by atoms with Gasteiger partial charge in [0, 0.05) is 30.9 Å². The lowest BCUT2D eigenvalue weighted by molar-refractivity contribution is -0.136. The number of carbonyl (C=O) groups excluding carboxylic acids is 1. The quantitative estimate of drug-likeness (QED) is 0.845. The molecule has 2 N–H and O–H groups in total. The number of carbonyl (C=O) groups is 2. The van der Waals surface area contributed by atoms with Crippen molar-refractivity contribution < 1.29 is 19.1 Å². The van der Waals surface area contributed by atoms with Gasteiger partial charge in [-0.05, 0) is 42.8 Å². The molecule has 6 heteroatoms. The van der Waals surface area contributed by atoms with Gasteiger partial charge in [0.25, 0.3) is 5.91 Å². The lowest BCUT2D eigenvalue weighted by atomic mass is 10.0. The normalized spacial score (nSPS) is 11.7. The summed E-state index contributed by atoms with van der Waals surface area (Å²) < 4.78 is 13.6. The van der Waals surface area contributed by atoms with Crippen LogP contribution in [0.5, 0.6) is 0 Å². The molecule has 0 radical (unpaired) electrons. The van der Waals surface area contributed by atoms with Crippen LogP contribution in [0.25, 0.3) is 0 Å². The smallest absolute Gasteiger partial charge is 0.307 e. The van der Waals surface area contributed by atoms with Crippen LogP contribution in [0, 0.1) is 5.82 Å². The molecule has 25 heavy (non-hydrogen) atoms. The maximum Gasteiger partial charge on any atom is 0.307 e. The van der Waals surface area contributed by atoms with Gasteiger partial charge in [-0.3, -0.25) is 9.59 Å². The number of hydrogen-bond donors (Lipinski definition) is 2. The monoisotopic (exact) mass is 344 g/mol. The summed E-state index contributed by atoms with van der Waals surface area (Å²) in [6, 6.07) is 10.5. The molecule has 1 atom stereocenters. The maximum absolute atomic E-state index is 13.6. The lowest BCUT2D eigenvalue weighted by Crippen LogP contribution is -2.28. The molecule has 132 valence electrons. The molecule has 0 aliphatic heterocycles. The third-order valence-electron chi connectivity index (χ3n) is 3.83. The van der Waals surface area contributed by atoms with Crippen molar-refractivity contribution in [1.29, 1.82) is 0 Å². The molecule has 0 spiro atoms. The Morgan fingerprint density at radius 3 is 2.56 bits per heavy atom. The minimum atomic E-state index is -0.957. The Labute approximate surface area is 146 Å². The molecule has 0 saturated carbocycles. The number of anilines is 1. The predicted octanol–water partition coefficient (Wildman–Crippen LogP) is 3.01. The lowest BCUT2D eigenvalue weighted by Gasteiger charge is -2.22. The Balaban J connectivity index is 2.21. The summed E-state index contributed by atoms with van der Waals surface area (Å²) in [5, 5.41) is 11.7. The molecule has 2 rings (SSSR count). The van der Waals surface area contributed by atoms with E-state index in [1.165, 1.54) is 12.1 Å². The van der Waals surface area contributed by atoms with E-state index < -0.39 is 12.0 Å². The molecule has 2 aromatic rings. The number of halogens is 1. The number of hydrogen-bond acceptors (Lipinski definition) is 3. The van der Waals surface area contributed by atoms with Crippen LogP contribution in [0.1, 0.15) is 34.5 Å². The van der Waals surface area contributed by atoms with E-state index in [4.69, 9.17) is 5.11 Å². The Morgan fingerprint density at radius 1 is 1.20 bits per heavy atom. The van der Waals surface area contributed by atoms with Crippen molar-refractivity contribution in [2.75, 3.05) is 19.0 Å². The summed E-state index contributed by atoms with van der Waals surface area (Å²) in [4.78, 5) is 25.1. The fraction of sp³-hybridized carbons (Fsp3) is 0.263. The second-order valence-corrected chi connectivity index (χ2v) is 6.06. The molecule has 0 aliphatic rings. The van der Waals surface area contributed by atoms with Crippen molar-refractivity contribution in [3.8, 4) is 0 Å². The van der Waals surface area contributed by atoms with Crippen LogP contribution in [-0.4, -0.2) is 31.1 Å². The highest BCUT2D eigenvalue weighted by atomic mass is 19.1. The zero-order valence-corrected chi connectivity index (χ0v) is 14.4. The first-order valence-electron chi connectivity index (χ1n) is 7.86. The van der Waals surface area contributed by atoms with Gasteiger partial charge in [0.05, 0.1) is 12.5 Å². The van der Waals surface area contributed by atoms with E-state index in [9.17, 15) is 14.0 Å². The average molecular weight is 344 g/mol. The van der Waals surface area contributed by atoms with Gasteiger partial charge >= 0.3 is 5.97 Å². The van der Waals surface area contributed by atoms with E-state index in [0.29, 0.717) is 16.7 Å². The van der Waals surface area contributed by atoms with Crippen LogP contribution < -0.4 is 10.2 Å². The van der Waals surface area contributed by atoms with Gasteiger partial charge in [0.2, 0.25) is 0 Å². The number of aliphatic carboxylic acids is 1. The van der Waals surface area contributed by atoms with Crippen LogP contribution in [0.2, 0.25) is 0 Å². The number of benzene rings is 2. The zero-order chi connectivity index (χ0) is 18.6. The van der Waals surface area contributed by atoms with Crippen molar-refractivity contribution in [2.24, 2.45) is 0 Å². The highest BCUT2D eigenvalue weighted by Crippen LogP contribution is 2.26. The summed E-state index contributed by atoms with van der Waals surface area (Å²) in [7, 11) is 3.70. The molecule has 2 aromatic carbocycles. The first-order valence-corrected chi connectivity index (χ1v) is 7.86. The molecule has 0 fully saturated rings. The van der Waals surface area contributed by atoms with Crippen LogP contribution in [0.4, 0.5) is 10.1 Å². The van der Waals surface area contributed by atoms with E-state index in [-0.39, 0.29) is 18.1 Å². The van der Waals surface area contributed by atoms with Crippen molar-refractivity contribution in [3.05, 3.63) is 65.0 Å². The summed E-state index contributed by atoms with van der Waals surface area (Å²) >= 11 is 0. The largest absolute Gasteiger partial charge is 0.481 e. The van der Waals surface area contributed by atoms with Gasteiger partial charge in [0.1, 0.15) is 5.82 Å². The van der Waals surface area contributed by atoms with E-state index in [0.717, 1.165) is 5.69 Å². The molecular formula is C19H21FN2O3. The topological polar surface area (TPSA) is 69.6 Å². The van der Waals surface area contributed by atoms with Gasteiger partial charge in [-0.25, -0.2) is 4.39 Å². The van der Waals surface area contributed by atoms with Crippen LogP contribution in [0.3, 0.4) is 0 Å². The highest BCUT2D eigenvalue weighted by molar-refractivity contribution is 5.94. The molecule has 0 bridgehead atoms. The van der Waals surface area contributed by atoms with Crippen molar-refractivity contribution >= 4 is 17.6 Å².